The fourth-order valence-electron chi connectivity index (χ4n) is 2.95. The Bertz CT molecular complexity index is 709. The van der Waals surface area contributed by atoms with E-state index in [-0.39, 0.29) is 6.03 Å². The summed E-state index contributed by atoms with van der Waals surface area (Å²) in [4.78, 5) is 16.6. The maximum Gasteiger partial charge on any atom is 0.321 e. The van der Waals surface area contributed by atoms with E-state index in [0.717, 1.165) is 35.8 Å². The molecule has 1 fully saturated rings. The Morgan fingerprint density at radius 1 is 1.00 bits per heavy atom. The average molecular weight is 325 g/mol. The van der Waals surface area contributed by atoms with Crippen LogP contribution in [-0.2, 0) is 0 Å². The quantitative estimate of drug-likeness (QED) is 0.941. The van der Waals surface area contributed by atoms with Crippen LogP contribution in [-0.4, -0.2) is 44.2 Å². The van der Waals surface area contributed by atoms with Gasteiger partial charge in [-0.25, -0.2) is 4.79 Å². The molecular formula is C19H23N3O2. The first-order valence-corrected chi connectivity index (χ1v) is 8.18. The number of urea groups is 1. The summed E-state index contributed by atoms with van der Waals surface area (Å²) < 4.78 is 5.43. The lowest BCUT2D eigenvalue weighted by Crippen LogP contribution is -2.50. The first kappa shape index (κ1) is 16.2. The number of nitrogens with zero attached hydrogens (tertiary/aromatic N) is 2. The van der Waals surface area contributed by atoms with Crippen molar-refractivity contribution in [3.63, 3.8) is 0 Å². The van der Waals surface area contributed by atoms with Gasteiger partial charge in [-0.05, 0) is 30.7 Å². The first-order valence-electron chi connectivity index (χ1n) is 8.18. The Balaban J connectivity index is 1.61. The van der Waals surface area contributed by atoms with E-state index in [1.165, 1.54) is 0 Å². The highest BCUT2D eigenvalue weighted by molar-refractivity contribution is 5.90. The van der Waals surface area contributed by atoms with Crippen LogP contribution in [0, 0.1) is 6.92 Å². The highest BCUT2D eigenvalue weighted by Crippen LogP contribution is 2.28. The van der Waals surface area contributed by atoms with Gasteiger partial charge in [0.2, 0.25) is 0 Å². The van der Waals surface area contributed by atoms with E-state index in [1.807, 2.05) is 54.3 Å². The van der Waals surface area contributed by atoms with E-state index in [1.54, 1.807) is 7.11 Å². The molecule has 1 N–H and O–H groups in total. The van der Waals surface area contributed by atoms with Gasteiger partial charge in [-0.15, -0.1) is 0 Å². The van der Waals surface area contributed by atoms with E-state index >= 15 is 0 Å². The lowest BCUT2D eigenvalue weighted by molar-refractivity contribution is 0.208. The third-order valence-electron chi connectivity index (χ3n) is 4.38. The number of benzene rings is 2. The molecule has 0 aromatic heterocycles. The standard InChI is InChI=1S/C19H23N3O2/c1-15-7-3-4-8-16(15)20-19(23)22-13-11-21(12-14-22)17-9-5-6-10-18(17)24-2/h3-10H,11-14H2,1-2H3,(H,20,23). The van der Waals surface area contributed by atoms with Gasteiger partial charge in [-0.3, -0.25) is 0 Å². The van der Waals surface area contributed by atoms with Gasteiger partial charge >= 0.3 is 6.03 Å². The van der Waals surface area contributed by atoms with Crippen molar-refractivity contribution in [1.29, 1.82) is 0 Å². The number of aryl methyl sites for hydroxylation is 1. The maximum atomic E-state index is 12.5. The van der Waals surface area contributed by atoms with Crippen LogP contribution in [0.4, 0.5) is 16.2 Å². The van der Waals surface area contributed by atoms with Gasteiger partial charge in [0.1, 0.15) is 5.75 Å². The molecule has 0 aliphatic carbocycles. The van der Waals surface area contributed by atoms with Crippen molar-refractivity contribution in [2.75, 3.05) is 43.5 Å². The van der Waals surface area contributed by atoms with Crippen molar-refractivity contribution in [2.24, 2.45) is 0 Å². The van der Waals surface area contributed by atoms with Crippen molar-refractivity contribution >= 4 is 17.4 Å². The predicted molar refractivity (Wildman–Crippen MR) is 97.0 cm³/mol. The second-order valence-electron chi connectivity index (χ2n) is 5.89. The molecule has 2 aromatic carbocycles. The molecule has 2 aromatic rings. The molecule has 0 bridgehead atoms. The van der Waals surface area contributed by atoms with E-state index in [0.29, 0.717) is 13.1 Å². The van der Waals surface area contributed by atoms with Crippen LogP contribution in [0.2, 0.25) is 0 Å². The van der Waals surface area contributed by atoms with Crippen LogP contribution in [0.15, 0.2) is 48.5 Å². The van der Waals surface area contributed by atoms with Crippen LogP contribution >= 0.6 is 0 Å². The van der Waals surface area contributed by atoms with Crippen molar-refractivity contribution in [3.05, 3.63) is 54.1 Å². The molecule has 5 nitrogen and oxygen atoms in total. The molecular weight excluding hydrogens is 302 g/mol. The summed E-state index contributed by atoms with van der Waals surface area (Å²) in [5, 5.41) is 3.00. The Morgan fingerprint density at radius 3 is 2.38 bits per heavy atom. The molecule has 2 amide bonds. The number of hydrogen-bond donors (Lipinski definition) is 1. The largest absolute Gasteiger partial charge is 0.495 e. The molecule has 1 heterocycles. The Kier molecular flexibility index (Phi) is 4.89. The predicted octanol–water partition coefficient (Wildman–Crippen LogP) is 3.36. The van der Waals surface area contributed by atoms with Gasteiger partial charge < -0.3 is 19.9 Å². The third kappa shape index (κ3) is 3.45. The van der Waals surface area contributed by atoms with Crippen molar-refractivity contribution in [2.45, 2.75) is 6.92 Å². The highest BCUT2D eigenvalue weighted by atomic mass is 16.5. The van der Waals surface area contributed by atoms with Crippen molar-refractivity contribution < 1.29 is 9.53 Å². The number of methoxy groups -OCH3 is 1. The minimum absolute atomic E-state index is 0.0380. The summed E-state index contributed by atoms with van der Waals surface area (Å²) in [6.45, 7) is 4.96. The molecule has 0 spiro atoms. The van der Waals surface area contributed by atoms with Gasteiger partial charge in [-0.2, -0.15) is 0 Å². The summed E-state index contributed by atoms with van der Waals surface area (Å²) in [6.07, 6.45) is 0. The topological polar surface area (TPSA) is 44.8 Å². The number of piperazine rings is 1. The lowest BCUT2D eigenvalue weighted by Gasteiger charge is -2.36. The molecule has 0 unspecified atom stereocenters. The van der Waals surface area contributed by atoms with Crippen molar-refractivity contribution in [3.8, 4) is 5.75 Å². The minimum Gasteiger partial charge on any atom is -0.495 e. The van der Waals surface area contributed by atoms with E-state index in [9.17, 15) is 4.79 Å². The molecule has 5 heteroatoms. The van der Waals surface area contributed by atoms with E-state index in [4.69, 9.17) is 4.74 Å². The number of rotatable bonds is 3. The molecule has 1 aliphatic heterocycles. The van der Waals surface area contributed by atoms with Crippen molar-refractivity contribution in [1.82, 2.24) is 4.90 Å². The summed E-state index contributed by atoms with van der Waals surface area (Å²) in [7, 11) is 1.69. The number of nitrogens with one attached hydrogen (secondary N) is 1. The molecule has 1 saturated heterocycles. The zero-order chi connectivity index (χ0) is 16.9. The Morgan fingerprint density at radius 2 is 1.67 bits per heavy atom. The zero-order valence-corrected chi connectivity index (χ0v) is 14.2. The fraction of sp³-hybridized carbons (Fsp3) is 0.316. The summed E-state index contributed by atoms with van der Waals surface area (Å²) >= 11 is 0. The van der Waals surface area contributed by atoms with Crippen LogP contribution in [0.3, 0.4) is 0 Å². The molecule has 3 rings (SSSR count). The van der Waals surface area contributed by atoms with Crippen LogP contribution in [0.25, 0.3) is 0 Å². The number of anilines is 2. The molecule has 1 aliphatic rings. The zero-order valence-electron chi connectivity index (χ0n) is 14.2. The third-order valence-corrected chi connectivity index (χ3v) is 4.38. The molecule has 24 heavy (non-hydrogen) atoms. The summed E-state index contributed by atoms with van der Waals surface area (Å²) in [5.74, 6) is 0.871. The van der Waals surface area contributed by atoms with Gasteiger partial charge in [0, 0.05) is 31.9 Å². The van der Waals surface area contributed by atoms with Crippen LogP contribution in [0.1, 0.15) is 5.56 Å². The number of para-hydroxylation sites is 3. The summed E-state index contributed by atoms with van der Waals surface area (Å²) in [5.41, 5.74) is 3.02. The fourth-order valence-corrected chi connectivity index (χ4v) is 2.95. The Hall–Kier alpha value is -2.69. The summed E-state index contributed by atoms with van der Waals surface area (Å²) in [6, 6.07) is 15.8. The number of carbonyl (C=O) groups excluding carboxylic acids is 1. The van der Waals surface area contributed by atoms with Gasteiger partial charge in [0.25, 0.3) is 0 Å². The van der Waals surface area contributed by atoms with E-state index < -0.39 is 0 Å². The lowest BCUT2D eigenvalue weighted by atomic mass is 10.2. The number of carbonyl (C=O) groups is 1. The van der Waals surface area contributed by atoms with E-state index in [2.05, 4.69) is 16.3 Å². The number of amides is 2. The van der Waals surface area contributed by atoms with Crippen LogP contribution < -0.4 is 15.0 Å². The highest BCUT2D eigenvalue weighted by Gasteiger charge is 2.23. The number of hydrogen-bond acceptors (Lipinski definition) is 3. The molecule has 0 saturated carbocycles. The molecule has 0 atom stereocenters. The van der Waals surface area contributed by atoms with Gasteiger partial charge in [0.05, 0.1) is 12.8 Å². The second-order valence-corrected chi connectivity index (χ2v) is 5.89. The molecule has 126 valence electrons. The van der Waals surface area contributed by atoms with Crippen LogP contribution in [0.5, 0.6) is 5.75 Å². The average Bonchev–Trinajstić information content (AvgIpc) is 2.63. The molecule has 0 radical (unpaired) electrons. The van der Waals surface area contributed by atoms with Gasteiger partial charge in [-0.1, -0.05) is 30.3 Å². The SMILES string of the molecule is COc1ccccc1N1CCN(C(=O)Nc2ccccc2C)CC1. The monoisotopic (exact) mass is 325 g/mol. The first-order chi connectivity index (χ1) is 11.7. The maximum absolute atomic E-state index is 12.5. The second kappa shape index (κ2) is 7.25. The smallest absolute Gasteiger partial charge is 0.321 e. The van der Waals surface area contributed by atoms with Gasteiger partial charge in [0.15, 0.2) is 0 Å². The minimum atomic E-state index is -0.0380. The number of ether oxygens (including phenoxy) is 1. The normalized spacial score (nSPS) is 14.4. The Labute approximate surface area is 142 Å².